The maximum absolute atomic E-state index is 6.74. The molecule has 0 saturated heterocycles. The second-order valence-electron chi connectivity index (χ2n) is 6.36. The summed E-state index contributed by atoms with van der Waals surface area (Å²) in [7, 11) is -1.83. The first kappa shape index (κ1) is 21.3. The molecule has 7 heteroatoms. The molecular weight excluding hydrogens is 385 g/mol. The molecular formula is C19H27Cl2N3OSi. The molecule has 0 saturated carbocycles. The van der Waals surface area contributed by atoms with Crippen LogP contribution in [0, 0.1) is 0 Å². The van der Waals surface area contributed by atoms with E-state index in [9.17, 15) is 0 Å². The summed E-state index contributed by atoms with van der Waals surface area (Å²) < 4.78 is 6.74. The van der Waals surface area contributed by atoms with Crippen molar-refractivity contribution in [2.45, 2.75) is 51.6 Å². The third-order valence-corrected chi connectivity index (χ3v) is 10.2. The van der Waals surface area contributed by atoms with E-state index in [1.54, 1.807) is 18.6 Å². The van der Waals surface area contributed by atoms with Crippen molar-refractivity contribution in [2.75, 3.05) is 6.54 Å². The summed E-state index contributed by atoms with van der Waals surface area (Å²) in [6, 6.07) is 7.19. The summed E-state index contributed by atoms with van der Waals surface area (Å²) in [5.41, 5.74) is 1.96. The minimum absolute atomic E-state index is 0.193. The van der Waals surface area contributed by atoms with Crippen LogP contribution < -0.4 is 5.32 Å². The van der Waals surface area contributed by atoms with Gasteiger partial charge in [-0.3, -0.25) is 9.97 Å². The molecule has 26 heavy (non-hydrogen) atoms. The molecule has 0 amide bonds. The van der Waals surface area contributed by atoms with Gasteiger partial charge in [-0.15, -0.1) is 0 Å². The summed E-state index contributed by atoms with van der Waals surface area (Å²) in [5, 5.41) is 4.57. The molecule has 142 valence electrons. The predicted octanol–water partition coefficient (Wildman–Crippen LogP) is 5.64. The lowest BCUT2D eigenvalue weighted by molar-refractivity contribution is 0.186. The number of pyridine rings is 2. The Hall–Kier alpha value is -0.983. The van der Waals surface area contributed by atoms with Gasteiger partial charge in [0.25, 0.3) is 0 Å². The van der Waals surface area contributed by atoms with Crippen LogP contribution in [0.25, 0.3) is 0 Å². The summed E-state index contributed by atoms with van der Waals surface area (Å²) in [4.78, 5) is 8.23. The van der Waals surface area contributed by atoms with E-state index in [1.807, 2.05) is 18.3 Å². The molecule has 0 aliphatic heterocycles. The van der Waals surface area contributed by atoms with Crippen molar-refractivity contribution in [3.63, 3.8) is 0 Å². The van der Waals surface area contributed by atoms with Crippen LogP contribution in [-0.4, -0.2) is 24.8 Å². The van der Waals surface area contributed by atoms with E-state index in [4.69, 9.17) is 27.6 Å². The van der Waals surface area contributed by atoms with E-state index in [-0.39, 0.29) is 6.10 Å². The first-order valence-electron chi connectivity index (χ1n) is 9.11. The summed E-state index contributed by atoms with van der Waals surface area (Å²) in [6.45, 7) is 8.00. The predicted molar refractivity (Wildman–Crippen MR) is 111 cm³/mol. The van der Waals surface area contributed by atoms with Crippen LogP contribution in [0.3, 0.4) is 0 Å². The quantitative estimate of drug-likeness (QED) is 0.514. The third-order valence-electron chi connectivity index (χ3n) is 4.92. The standard InChI is InChI=1S/C19H27Cl2N3OSi/c1-4-26(5-2,6-3)25-18(19-16(20)12-24-13-17(19)21)14-23-11-15-8-7-9-22-10-15/h7-10,12-13,18,23H,4-6,11,14H2,1-3H3. The van der Waals surface area contributed by atoms with Crippen LogP contribution >= 0.6 is 23.2 Å². The Morgan fingerprint density at radius 2 is 1.69 bits per heavy atom. The number of hydrogen-bond acceptors (Lipinski definition) is 4. The SMILES string of the molecule is CC[Si](CC)(CC)OC(CNCc1cccnc1)c1c(Cl)cncc1Cl. The van der Waals surface area contributed by atoms with Gasteiger partial charge in [-0.1, -0.05) is 50.0 Å². The molecule has 1 N–H and O–H groups in total. The lowest BCUT2D eigenvalue weighted by atomic mass is 10.1. The van der Waals surface area contributed by atoms with Gasteiger partial charge in [-0.2, -0.15) is 0 Å². The van der Waals surface area contributed by atoms with Gasteiger partial charge < -0.3 is 9.74 Å². The Labute approximate surface area is 167 Å². The Bertz CT molecular complexity index is 655. The molecule has 0 spiro atoms. The van der Waals surface area contributed by atoms with Gasteiger partial charge >= 0.3 is 0 Å². The zero-order valence-corrected chi connectivity index (χ0v) is 18.1. The van der Waals surface area contributed by atoms with Crippen LogP contribution in [0.1, 0.15) is 38.0 Å². The zero-order valence-electron chi connectivity index (χ0n) is 15.6. The molecule has 0 aromatic carbocycles. The number of halogens is 2. The summed E-state index contributed by atoms with van der Waals surface area (Å²) in [5.74, 6) is 0. The molecule has 1 atom stereocenters. The molecule has 0 bridgehead atoms. The first-order valence-corrected chi connectivity index (χ1v) is 12.4. The fourth-order valence-electron chi connectivity index (χ4n) is 3.08. The molecule has 0 aliphatic carbocycles. The van der Waals surface area contributed by atoms with Gasteiger partial charge in [0.15, 0.2) is 8.32 Å². The minimum Gasteiger partial charge on any atom is -0.409 e. The van der Waals surface area contributed by atoms with Gasteiger partial charge in [0.1, 0.15) is 0 Å². The monoisotopic (exact) mass is 411 g/mol. The zero-order chi connectivity index (χ0) is 19.0. The van der Waals surface area contributed by atoms with Crippen molar-refractivity contribution in [2.24, 2.45) is 0 Å². The first-order chi connectivity index (χ1) is 12.5. The van der Waals surface area contributed by atoms with Crippen molar-refractivity contribution >= 4 is 31.5 Å². The van der Waals surface area contributed by atoms with Crippen molar-refractivity contribution < 1.29 is 4.43 Å². The summed E-state index contributed by atoms with van der Waals surface area (Å²) >= 11 is 12.9. The number of hydrogen-bond donors (Lipinski definition) is 1. The second-order valence-corrected chi connectivity index (χ2v) is 11.9. The van der Waals surface area contributed by atoms with Crippen LogP contribution in [0.5, 0.6) is 0 Å². The molecule has 2 heterocycles. The maximum Gasteiger partial charge on any atom is 0.192 e. The number of nitrogens with zero attached hydrogens (tertiary/aromatic N) is 2. The highest BCUT2D eigenvalue weighted by molar-refractivity contribution is 6.73. The summed E-state index contributed by atoms with van der Waals surface area (Å²) in [6.07, 6.45) is 6.70. The fraction of sp³-hybridized carbons (Fsp3) is 0.474. The fourth-order valence-corrected chi connectivity index (χ4v) is 6.50. The van der Waals surface area contributed by atoms with Gasteiger partial charge in [-0.05, 0) is 29.8 Å². The Balaban J connectivity index is 2.21. The van der Waals surface area contributed by atoms with Gasteiger partial charge in [0, 0.05) is 43.4 Å². The Kier molecular flexibility index (Phi) is 8.51. The molecule has 2 aromatic rings. The molecule has 4 nitrogen and oxygen atoms in total. The van der Waals surface area contributed by atoms with Crippen LogP contribution in [-0.2, 0) is 11.0 Å². The van der Waals surface area contributed by atoms with Crippen LogP contribution in [0.15, 0.2) is 36.9 Å². The smallest absolute Gasteiger partial charge is 0.192 e. The van der Waals surface area contributed by atoms with E-state index in [1.165, 1.54) is 0 Å². The van der Waals surface area contributed by atoms with Gasteiger partial charge in [-0.25, -0.2) is 0 Å². The Morgan fingerprint density at radius 1 is 1.04 bits per heavy atom. The number of aromatic nitrogens is 2. The maximum atomic E-state index is 6.74. The lowest BCUT2D eigenvalue weighted by Crippen LogP contribution is -2.40. The average molecular weight is 412 g/mol. The van der Waals surface area contributed by atoms with E-state index in [2.05, 4.69) is 36.1 Å². The molecule has 2 rings (SSSR count). The highest BCUT2D eigenvalue weighted by atomic mass is 35.5. The van der Waals surface area contributed by atoms with Crippen LogP contribution in [0.2, 0.25) is 28.2 Å². The largest absolute Gasteiger partial charge is 0.409 e. The highest BCUT2D eigenvalue weighted by Crippen LogP contribution is 2.36. The highest BCUT2D eigenvalue weighted by Gasteiger charge is 2.34. The number of rotatable bonds is 10. The third kappa shape index (κ3) is 5.51. The molecule has 0 fully saturated rings. The second kappa shape index (κ2) is 10.4. The van der Waals surface area contributed by atoms with E-state index in [0.29, 0.717) is 23.1 Å². The molecule has 0 aliphatic rings. The van der Waals surface area contributed by atoms with E-state index < -0.39 is 8.32 Å². The van der Waals surface area contributed by atoms with Gasteiger partial charge in [0.2, 0.25) is 0 Å². The lowest BCUT2D eigenvalue weighted by Gasteiger charge is -2.34. The van der Waals surface area contributed by atoms with Crippen molar-refractivity contribution in [3.8, 4) is 0 Å². The molecule has 1 unspecified atom stereocenters. The van der Waals surface area contributed by atoms with Crippen LogP contribution in [0.4, 0.5) is 0 Å². The topological polar surface area (TPSA) is 47.0 Å². The van der Waals surface area contributed by atoms with Gasteiger partial charge in [0.05, 0.1) is 16.1 Å². The Morgan fingerprint density at radius 3 is 2.23 bits per heavy atom. The normalized spacial score (nSPS) is 13.0. The average Bonchev–Trinajstić information content (AvgIpc) is 2.66. The van der Waals surface area contributed by atoms with E-state index >= 15 is 0 Å². The van der Waals surface area contributed by atoms with Crippen molar-refractivity contribution in [3.05, 3.63) is 58.1 Å². The minimum atomic E-state index is -1.83. The molecule has 2 aromatic heterocycles. The van der Waals surface area contributed by atoms with E-state index in [0.717, 1.165) is 29.3 Å². The van der Waals surface area contributed by atoms with Crippen molar-refractivity contribution in [1.29, 1.82) is 0 Å². The van der Waals surface area contributed by atoms with Crippen molar-refractivity contribution in [1.82, 2.24) is 15.3 Å². The number of nitrogens with one attached hydrogen (secondary N) is 1. The molecule has 0 radical (unpaired) electrons.